The van der Waals surface area contributed by atoms with Crippen molar-refractivity contribution in [3.63, 3.8) is 0 Å². The summed E-state index contributed by atoms with van der Waals surface area (Å²) in [6.07, 6.45) is 6.29. The molecule has 1 aromatic rings. The molecular formula is C16H25ClNO+. The van der Waals surface area contributed by atoms with Crippen LogP contribution < -0.4 is 10.1 Å². The van der Waals surface area contributed by atoms with Crippen LogP contribution in [-0.4, -0.2) is 19.7 Å². The van der Waals surface area contributed by atoms with Gasteiger partial charge in [0.2, 0.25) is 0 Å². The van der Waals surface area contributed by atoms with E-state index in [0.29, 0.717) is 0 Å². The Morgan fingerprint density at radius 1 is 1.32 bits per heavy atom. The predicted octanol–water partition coefficient (Wildman–Crippen LogP) is 3.20. The molecule has 1 aromatic carbocycles. The average molecular weight is 283 g/mol. The molecule has 1 rings (SSSR count). The maximum absolute atomic E-state index is 5.99. The molecule has 0 radical (unpaired) electrons. The molecule has 0 aliphatic rings. The maximum Gasteiger partial charge on any atom is 0.122 e. The van der Waals surface area contributed by atoms with Crippen molar-refractivity contribution in [1.82, 2.24) is 0 Å². The van der Waals surface area contributed by atoms with Crippen molar-refractivity contribution in [3.8, 4) is 5.75 Å². The Labute approximate surface area is 121 Å². The van der Waals surface area contributed by atoms with Gasteiger partial charge in [0.15, 0.2) is 0 Å². The first-order chi connectivity index (χ1) is 9.27. The fourth-order valence-corrected chi connectivity index (χ4v) is 2.10. The van der Waals surface area contributed by atoms with Crippen LogP contribution in [0.15, 0.2) is 30.9 Å². The van der Waals surface area contributed by atoms with Crippen molar-refractivity contribution >= 4 is 11.6 Å². The Balaban J connectivity index is 2.30. The van der Waals surface area contributed by atoms with Crippen LogP contribution in [0.5, 0.6) is 5.75 Å². The molecule has 0 atom stereocenters. The standard InChI is InChI=1S/C16H24ClNO/c1-3-5-10-18-11-6-12-19-16-9-8-15(17)13-14(16)7-4-2/h4,8-9,13,18H,2-3,5-7,10-12H2,1H3/p+1. The van der Waals surface area contributed by atoms with E-state index in [1.54, 1.807) is 0 Å². The van der Waals surface area contributed by atoms with Crippen molar-refractivity contribution in [2.24, 2.45) is 0 Å². The Bertz CT molecular complexity index is 379. The van der Waals surface area contributed by atoms with Crippen LogP contribution in [-0.2, 0) is 6.42 Å². The van der Waals surface area contributed by atoms with Gasteiger partial charge >= 0.3 is 0 Å². The number of quaternary nitrogens is 1. The van der Waals surface area contributed by atoms with E-state index in [2.05, 4.69) is 18.8 Å². The summed E-state index contributed by atoms with van der Waals surface area (Å²) in [6, 6.07) is 5.77. The minimum absolute atomic E-state index is 0.747. The Morgan fingerprint density at radius 3 is 2.84 bits per heavy atom. The number of unbranched alkanes of at least 4 members (excludes halogenated alkanes) is 1. The third-order valence-electron chi connectivity index (χ3n) is 2.96. The molecule has 0 heterocycles. The molecular weight excluding hydrogens is 258 g/mol. The average Bonchev–Trinajstić information content (AvgIpc) is 2.40. The number of nitrogens with two attached hydrogens (primary N) is 1. The van der Waals surface area contributed by atoms with Gasteiger partial charge in [-0.05, 0) is 36.6 Å². The third kappa shape index (κ3) is 6.65. The highest BCUT2D eigenvalue weighted by molar-refractivity contribution is 6.30. The van der Waals surface area contributed by atoms with E-state index < -0.39 is 0 Å². The van der Waals surface area contributed by atoms with Crippen molar-refractivity contribution < 1.29 is 10.1 Å². The molecule has 106 valence electrons. The topological polar surface area (TPSA) is 25.8 Å². The van der Waals surface area contributed by atoms with Gasteiger partial charge in [-0.1, -0.05) is 31.0 Å². The van der Waals surface area contributed by atoms with E-state index >= 15 is 0 Å². The molecule has 0 aromatic heterocycles. The maximum atomic E-state index is 5.99. The first-order valence-electron chi connectivity index (χ1n) is 7.11. The number of rotatable bonds is 10. The zero-order chi connectivity index (χ0) is 13.9. The highest BCUT2D eigenvalue weighted by Crippen LogP contribution is 2.23. The summed E-state index contributed by atoms with van der Waals surface area (Å²) in [5.74, 6) is 0.929. The molecule has 2 nitrogen and oxygen atoms in total. The van der Waals surface area contributed by atoms with E-state index in [1.165, 1.54) is 19.4 Å². The predicted molar refractivity (Wildman–Crippen MR) is 82.0 cm³/mol. The molecule has 0 spiro atoms. The Morgan fingerprint density at radius 2 is 2.11 bits per heavy atom. The van der Waals surface area contributed by atoms with Gasteiger partial charge in [0.25, 0.3) is 0 Å². The zero-order valence-electron chi connectivity index (χ0n) is 11.8. The summed E-state index contributed by atoms with van der Waals surface area (Å²) in [4.78, 5) is 0. The fourth-order valence-electron chi connectivity index (χ4n) is 1.91. The summed E-state index contributed by atoms with van der Waals surface area (Å²) in [7, 11) is 0. The van der Waals surface area contributed by atoms with Crippen LogP contribution in [0.3, 0.4) is 0 Å². The summed E-state index contributed by atoms with van der Waals surface area (Å²) < 4.78 is 5.82. The lowest BCUT2D eigenvalue weighted by molar-refractivity contribution is -0.655. The molecule has 0 bridgehead atoms. The second kappa shape index (κ2) is 9.88. The lowest BCUT2D eigenvalue weighted by Crippen LogP contribution is -2.84. The molecule has 19 heavy (non-hydrogen) atoms. The van der Waals surface area contributed by atoms with Gasteiger partial charge in [-0.2, -0.15) is 0 Å². The molecule has 3 heteroatoms. The van der Waals surface area contributed by atoms with Crippen molar-refractivity contribution in [1.29, 1.82) is 0 Å². The third-order valence-corrected chi connectivity index (χ3v) is 3.19. The first kappa shape index (κ1) is 16.1. The summed E-state index contributed by atoms with van der Waals surface area (Å²) in [6.45, 7) is 9.09. The second-order valence-electron chi connectivity index (χ2n) is 4.67. The minimum atomic E-state index is 0.747. The van der Waals surface area contributed by atoms with Gasteiger partial charge in [0.05, 0.1) is 19.7 Å². The van der Waals surface area contributed by atoms with Crippen LogP contribution in [0.25, 0.3) is 0 Å². The van der Waals surface area contributed by atoms with Gasteiger partial charge in [0.1, 0.15) is 5.75 Å². The minimum Gasteiger partial charge on any atom is -0.493 e. The highest BCUT2D eigenvalue weighted by atomic mass is 35.5. The van der Waals surface area contributed by atoms with E-state index in [9.17, 15) is 0 Å². The monoisotopic (exact) mass is 282 g/mol. The van der Waals surface area contributed by atoms with E-state index in [-0.39, 0.29) is 0 Å². The number of allylic oxidation sites excluding steroid dienone is 1. The van der Waals surface area contributed by atoms with Crippen LogP contribution in [0.4, 0.5) is 0 Å². The quantitative estimate of drug-likeness (QED) is 0.518. The van der Waals surface area contributed by atoms with Gasteiger partial charge in [-0.15, -0.1) is 6.58 Å². The smallest absolute Gasteiger partial charge is 0.122 e. The molecule has 0 aliphatic carbocycles. The molecule has 0 saturated heterocycles. The summed E-state index contributed by atoms with van der Waals surface area (Å²) >= 11 is 5.99. The Hall–Kier alpha value is -0.990. The fraction of sp³-hybridized carbons (Fsp3) is 0.500. The molecule has 2 N–H and O–H groups in total. The van der Waals surface area contributed by atoms with Crippen molar-refractivity contribution in [3.05, 3.63) is 41.4 Å². The van der Waals surface area contributed by atoms with Crippen LogP contribution in [0, 0.1) is 0 Å². The van der Waals surface area contributed by atoms with E-state index in [1.807, 2.05) is 24.3 Å². The molecule has 0 aliphatic heterocycles. The lowest BCUT2D eigenvalue weighted by Gasteiger charge is -2.10. The SMILES string of the molecule is C=CCc1cc(Cl)ccc1OCCC[NH2+]CCCC. The molecule has 0 saturated carbocycles. The van der Waals surface area contributed by atoms with E-state index in [0.717, 1.165) is 42.3 Å². The normalized spacial score (nSPS) is 10.4. The summed E-state index contributed by atoms with van der Waals surface area (Å²) in [5, 5.41) is 3.11. The van der Waals surface area contributed by atoms with Crippen LogP contribution in [0.2, 0.25) is 5.02 Å². The first-order valence-corrected chi connectivity index (χ1v) is 7.49. The van der Waals surface area contributed by atoms with Gasteiger partial charge in [0, 0.05) is 11.4 Å². The second-order valence-corrected chi connectivity index (χ2v) is 5.10. The zero-order valence-corrected chi connectivity index (χ0v) is 12.6. The lowest BCUT2D eigenvalue weighted by atomic mass is 10.1. The number of hydrogen-bond acceptors (Lipinski definition) is 1. The van der Waals surface area contributed by atoms with Crippen LogP contribution >= 0.6 is 11.6 Å². The molecule has 0 unspecified atom stereocenters. The number of halogens is 1. The van der Waals surface area contributed by atoms with Gasteiger partial charge in [-0.3, -0.25) is 0 Å². The Kier molecular flexibility index (Phi) is 8.35. The van der Waals surface area contributed by atoms with Crippen LogP contribution in [0.1, 0.15) is 31.7 Å². The largest absolute Gasteiger partial charge is 0.493 e. The van der Waals surface area contributed by atoms with Gasteiger partial charge in [-0.25, -0.2) is 0 Å². The summed E-state index contributed by atoms with van der Waals surface area (Å²) in [5.41, 5.74) is 1.11. The molecule has 0 amide bonds. The number of benzene rings is 1. The highest BCUT2D eigenvalue weighted by Gasteiger charge is 2.03. The van der Waals surface area contributed by atoms with E-state index in [4.69, 9.17) is 16.3 Å². The van der Waals surface area contributed by atoms with Crippen molar-refractivity contribution in [2.45, 2.75) is 32.6 Å². The van der Waals surface area contributed by atoms with Crippen molar-refractivity contribution in [2.75, 3.05) is 19.7 Å². The number of hydrogen-bond donors (Lipinski definition) is 1. The van der Waals surface area contributed by atoms with Gasteiger partial charge < -0.3 is 10.1 Å². The molecule has 0 fully saturated rings. The number of ether oxygens (including phenoxy) is 1.